The number of carbonyl (C=O) groups is 1. The molecule has 1 fully saturated rings. The molecule has 1 aliphatic rings. The quantitative estimate of drug-likeness (QED) is 0.694. The van der Waals surface area contributed by atoms with Crippen molar-refractivity contribution in [2.24, 2.45) is 0 Å². The molecule has 0 radical (unpaired) electrons. The van der Waals surface area contributed by atoms with Crippen LogP contribution in [0.5, 0.6) is 0 Å². The van der Waals surface area contributed by atoms with E-state index in [-0.39, 0.29) is 11.9 Å². The molecule has 1 saturated heterocycles. The van der Waals surface area contributed by atoms with E-state index < -0.39 is 0 Å². The molecule has 1 atom stereocenters. The molecular formula is C20H24N6OS. The smallest absolute Gasteiger partial charge is 0.241 e. The van der Waals surface area contributed by atoms with Gasteiger partial charge < -0.3 is 10.2 Å². The highest BCUT2D eigenvalue weighted by Gasteiger charge is 2.31. The summed E-state index contributed by atoms with van der Waals surface area (Å²) in [5.41, 5.74) is 1.71. The van der Waals surface area contributed by atoms with Gasteiger partial charge in [0.05, 0.1) is 11.7 Å². The van der Waals surface area contributed by atoms with Gasteiger partial charge in [-0.1, -0.05) is 6.07 Å². The summed E-state index contributed by atoms with van der Waals surface area (Å²) in [6.07, 6.45) is 7.45. The molecule has 4 rings (SSSR count). The maximum atomic E-state index is 12.9. The van der Waals surface area contributed by atoms with Crippen LogP contribution >= 0.6 is 11.3 Å². The van der Waals surface area contributed by atoms with Crippen molar-refractivity contribution in [1.82, 2.24) is 19.7 Å². The van der Waals surface area contributed by atoms with Crippen molar-refractivity contribution < 1.29 is 4.79 Å². The molecule has 3 aromatic rings. The van der Waals surface area contributed by atoms with Gasteiger partial charge in [0.25, 0.3) is 0 Å². The molecule has 3 heterocycles. The van der Waals surface area contributed by atoms with Crippen molar-refractivity contribution in [3.05, 3.63) is 53.8 Å². The number of hydrogen-bond acceptors (Lipinski definition) is 6. The Bertz CT molecular complexity index is 936. The molecule has 0 bridgehead atoms. The van der Waals surface area contributed by atoms with Gasteiger partial charge in [0.15, 0.2) is 5.13 Å². The molecular weight excluding hydrogens is 372 g/mol. The molecule has 2 aromatic heterocycles. The first-order valence-corrected chi connectivity index (χ1v) is 10.2. The van der Waals surface area contributed by atoms with Gasteiger partial charge in [-0.25, -0.2) is 9.67 Å². The van der Waals surface area contributed by atoms with Gasteiger partial charge in [0.1, 0.15) is 0 Å². The lowest BCUT2D eigenvalue weighted by molar-refractivity contribution is -0.120. The maximum Gasteiger partial charge on any atom is 0.241 e. The number of anilines is 2. The highest BCUT2D eigenvalue weighted by Crippen LogP contribution is 2.26. The summed E-state index contributed by atoms with van der Waals surface area (Å²) in [6, 6.07) is 9.52. The highest BCUT2D eigenvalue weighted by molar-refractivity contribution is 7.15. The van der Waals surface area contributed by atoms with E-state index in [0.717, 1.165) is 42.4 Å². The second kappa shape index (κ2) is 8.12. The zero-order valence-electron chi connectivity index (χ0n) is 16.1. The molecule has 1 aliphatic heterocycles. The Labute approximate surface area is 168 Å². The van der Waals surface area contributed by atoms with Gasteiger partial charge in [-0.05, 0) is 43.7 Å². The number of likely N-dealkylation sites (tertiary alicyclic amines) is 1. The monoisotopic (exact) mass is 396 g/mol. The topological polar surface area (TPSA) is 66.3 Å². The second-order valence-corrected chi connectivity index (χ2v) is 8.22. The van der Waals surface area contributed by atoms with E-state index in [1.54, 1.807) is 22.2 Å². The van der Waals surface area contributed by atoms with Crippen LogP contribution < -0.4 is 10.2 Å². The number of nitrogens with one attached hydrogen (secondary N) is 1. The van der Waals surface area contributed by atoms with E-state index in [4.69, 9.17) is 0 Å². The van der Waals surface area contributed by atoms with Crippen LogP contribution in [0.2, 0.25) is 0 Å². The Balaban J connectivity index is 1.43. The summed E-state index contributed by atoms with van der Waals surface area (Å²) < 4.78 is 1.78. The Morgan fingerprint density at radius 3 is 3.00 bits per heavy atom. The second-order valence-electron chi connectivity index (χ2n) is 7.12. The molecule has 0 aliphatic carbocycles. The van der Waals surface area contributed by atoms with Gasteiger partial charge in [0.2, 0.25) is 5.91 Å². The largest absolute Gasteiger partial charge is 0.354 e. The van der Waals surface area contributed by atoms with E-state index in [9.17, 15) is 4.79 Å². The van der Waals surface area contributed by atoms with E-state index in [1.807, 2.05) is 61.7 Å². The zero-order chi connectivity index (χ0) is 19.5. The van der Waals surface area contributed by atoms with Gasteiger partial charge >= 0.3 is 0 Å². The number of aromatic nitrogens is 3. The van der Waals surface area contributed by atoms with Crippen molar-refractivity contribution >= 4 is 28.1 Å². The number of benzene rings is 1. The molecule has 0 unspecified atom stereocenters. The van der Waals surface area contributed by atoms with Crippen LogP contribution in [0.15, 0.2) is 48.9 Å². The van der Waals surface area contributed by atoms with Crippen molar-refractivity contribution in [3.63, 3.8) is 0 Å². The van der Waals surface area contributed by atoms with Crippen molar-refractivity contribution in [2.45, 2.75) is 25.4 Å². The number of amides is 1. The molecule has 28 heavy (non-hydrogen) atoms. The van der Waals surface area contributed by atoms with Gasteiger partial charge in [0, 0.05) is 49.8 Å². The summed E-state index contributed by atoms with van der Waals surface area (Å²) in [4.78, 5) is 22.8. The van der Waals surface area contributed by atoms with E-state index >= 15 is 0 Å². The van der Waals surface area contributed by atoms with E-state index in [0.29, 0.717) is 0 Å². The first-order valence-electron chi connectivity index (χ1n) is 9.37. The van der Waals surface area contributed by atoms with Crippen molar-refractivity contribution in [2.75, 3.05) is 30.9 Å². The average molecular weight is 397 g/mol. The Kier molecular flexibility index (Phi) is 5.40. The first kappa shape index (κ1) is 18.6. The van der Waals surface area contributed by atoms with Crippen LogP contribution in [0.25, 0.3) is 5.69 Å². The predicted molar refractivity (Wildman–Crippen MR) is 112 cm³/mol. The minimum absolute atomic E-state index is 0.0486. The molecule has 1 N–H and O–H groups in total. The standard InChI is InChI=1S/C20H24N6OS/c1-24(2)20-21-13-17(28-20)14-25-10-4-8-18(25)19(27)23-15-6-3-7-16(12-15)26-11-5-9-22-26/h3,5-7,9,11-13,18H,4,8,10,14H2,1-2H3,(H,23,27)/t18-/m1/s1. The molecule has 8 heteroatoms. The fraction of sp³-hybridized carbons (Fsp3) is 0.350. The third-order valence-corrected chi connectivity index (χ3v) is 5.98. The van der Waals surface area contributed by atoms with E-state index in [2.05, 4.69) is 20.3 Å². The Morgan fingerprint density at radius 2 is 2.25 bits per heavy atom. The lowest BCUT2D eigenvalue weighted by atomic mass is 10.2. The summed E-state index contributed by atoms with van der Waals surface area (Å²) in [6.45, 7) is 1.69. The lowest BCUT2D eigenvalue weighted by Crippen LogP contribution is -2.39. The van der Waals surface area contributed by atoms with Crippen molar-refractivity contribution in [1.29, 1.82) is 0 Å². The van der Waals surface area contributed by atoms with Crippen LogP contribution in [0.4, 0.5) is 10.8 Å². The molecule has 1 amide bonds. The normalized spacial score (nSPS) is 17.0. The van der Waals surface area contributed by atoms with Crippen LogP contribution in [0, 0.1) is 0 Å². The summed E-state index contributed by atoms with van der Waals surface area (Å²) in [5, 5.41) is 8.32. The van der Waals surface area contributed by atoms with Crippen LogP contribution in [0.1, 0.15) is 17.7 Å². The lowest BCUT2D eigenvalue weighted by Gasteiger charge is -2.23. The molecule has 0 saturated carbocycles. The third kappa shape index (κ3) is 4.07. The number of hydrogen-bond donors (Lipinski definition) is 1. The predicted octanol–water partition coefficient (Wildman–Crippen LogP) is 3.00. The minimum atomic E-state index is -0.113. The SMILES string of the molecule is CN(C)c1ncc(CN2CCC[C@@H]2C(=O)Nc2cccc(-n3cccn3)c2)s1. The number of nitrogens with zero attached hydrogens (tertiary/aromatic N) is 5. The van der Waals surface area contributed by atoms with Gasteiger partial charge in [-0.3, -0.25) is 9.69 Å². The molecule has 7 nitrogen and oxygen atoms in total. The molecule has 146 valence electrons. The number of rotatable bonds is 6. The van der Waals surface area contributed by atoms with Gasteiger partial charge in [-0.2, -0.15) is 5.10 Å². The highest BCUT2D eigenvalue weighted by atomic mass is 32.1. The van der Waals surface area contributed by atoms with Crippen LogP contribution in [-0.4, -0.2) is 52.3 Å². The van der Waals surface area contributed by atoms with Gasteiger partial charge in [-0.15, -0.1) is 11.3 Å². The number of thiazole rings is 1. The fourth-order valence-corrected chi connectivity index (χ4v) is 4.32. The van der Waals surface area contributed by atoms with Crippen LogP contribution in [-0.2, 0) is 11.3 Å². The first-order chi connectivity index (χ1) is 13.6. The fourth-order valence-electron chi connectivity index (χ4n) is 3.46. The number of carbonyl (C=O) groups excluding carboxylic acids is 1. The van der Waals surface area contributed by atoms with Crippen LogP contribution in [0.3, 0.4) is 0 Å². The summed E-state index contributed by atoms with van der Waals surface area (Å²) >= 11 is 1.68. The third-order valence-electron chi connectivity index (χ3n) is 4.83. The Morgan fingerprint density at radius 1 is 1.36 bits per heavy atom. The molecule has 0 spiro atoms. The minimum Gasteiger partial charge on any atom is -0.354 e. The maximum absolute atomic E-state index is 12.9. The summed E-state index contributed by atoms with van der Waals surface area (Å²) in [5.74, 6) is 0.0486. The van der Waals surface area contributed by atoms with Crippen molar-refractivity contribution in [3.8, 4) is 5.69 Å². The average Bonchev–Trinajstić information content (AvgIpc) is 3.44. The zero-order valence-corrected chi connectivity index (χ0v) is 16.9. The molecule has 1 aromatic carbocycles. The Hall–Kier alpha value is -2.71. The summed E-state index contributed by atoms with van der Waals surface area (Å²) in [7, 11) is 3.98. The van der Waals surface area contributed by atoms with E-state index in [1.165, 1.54) is 4.88 Å².